The highest BCUT2D eigenvalue weighted by Crippen LogP contribution is 2.15. The molecule has 0 fully saturated rings. The highest BCUT2D eigenvalue weighted by Gasteiger charge is 2.22. The molecule has 0 saturated carbocycles. The molecule has 0 aliphatic carbocycles. The Bertz CT molecular complexity index is 1060. The molecule has 0 bridgehead atoms. The summed E-state index contributed by atoms with van der Waals surface area (Å²) in [6.45, 7) is 5.95. The summed E-state index contributed by atoms with van der Waals surface area (Å²) in [5.41, 5.74) is 2.84. The Morgan fingerprint density at radius 1 is 1.00 bits per heavy atom. The fourth-order valence-electron chi connectivity index (χ4n) is 2.58. The number of carbonyl (C=O) groups is 3. The lowest BCUT2D eigenvalue weighted by atomic mass is 10.0. The molecule has 2 aromatic rings. The molecule has 0 aliphatic heterocycles. The molecule has 1 atom stereocenters. The number of Topliss-reactive ketones (excluding diaryl/α,β-unsaturated/α-hetero) is 1. The smallest absolute Gasteiger partial charge is 0.321 e. The number of amides is 1. The fraction of sp³-hybridized carbons (Fsp3) is 0.286. The average molecular weight is 432 g/mol. The molecule has 30 heavy (non-hydrogen) atoms. The highest BCUT2D eigenvalue weighted by atomic mass is 32.2. The third-order valence-corrected chi connectivity index (χ3v) is 5.78. The number of sulfonamides is 1. The SMILES string of the molecule is CC(=O)Nc1ccc(S(=O)(=O)NCC(=O)OC(C)C(=O)c2ccc(C)c(C)c2)cc1. The Labute approximate surface area is 175 Å². The molecule has 1 unspecified atom stereocenters. The Balaban J connectivity index is 1.94. The number of carbonyl (C=O) groups excluding carboxylic acids is 3. The van der Waals surface area contributed by atoms with Gasteiger partial charge in [-0.1, -0.05) is 12.1 Å². The number of aryl methyl sites for hydroxylation is 2. The van der Waals surface area contributed by atoms with Gasteiger partial charge >= 0.3 is 5.97 Å². The average Bonchev–Trinajstić information content (AvgIpc) is 2.68. The van der Waals surface area contributed by atoms with E-state index in [0.717, 1.165) is 11.1 Å². The molecular weight excluding hydrogens is 408 g/mol. The normalized spacial score (nSPS) is 12.1. The quantitative estimate of drug-likeness (QED) is 0.488. The molecule has 0 heterocycles. The summed E-state index contributed by atoms with van der Waals surface area (Å²) in [5, 5.41) is 2.53. The Kier molecular flexibility index (Phi) is 7.47. The predicted octanol–water partition coefficient (Wildman–Crippen LogP) is 2.35. The Morgan fingerprint density at radius 2 is 1.63 bits per heavy atom. The third kappa shape index (κ3) is 6.23. The molecule has 0 radical (unpaired) electrons. The number of ether oxygens (including phenoxy) is 1. The van der Waals surface area contributed by atoms with Crippen LogP contribution in [0.25, 0.3) is 0 Å². The van der Waals surface area contributed by atoms with Crippen molar-refractivity contribution in [2.45, 2.75) is 38.7 Å². The molecule has 0 aromatic heterocycles. The van der Waals surface area contributed by atoms with E-state index in [1.54, 1.807) is 12.1 Å². The van der Waals surface area contributed by atoms with Crippen LogP contribution < -0.4 is 10.0 Å². The molecule has 2 N–H and O–H groups in total. The molecule has 8 nitrogen and oxygen atoms in total. The van der Waals surface area contributed by atoms with Gasteiger partial charge in [0, 0.05) is 18.2 Å². The van der Waals surface area contributed by atoms with E-state index < -0.39 is 28.6 Å². The van der Waals surface area contributed by atoms with Gasteiger partial charge in [0.05, 0.1) is 4.90 Å². The van der Waals surface area contributed by atoms with Gasteiger partial charge < -0.3 is 10.1 Å². The Morgan fingerprint density at radius 3 is 2.20 bits per heavy atom. The van der Waals surface area contributed by atoms with Gasteiger partial charge in [0.15, 0.2) is 6.10 Å². The third-order valence-electron chi connectivity index (χ3n) is 4.36. The van der Waals surface area contributed by atoms with Gasteiger partial charge in [-0.05, 0) is 62.2 Å². The van der Waals surface area contributed by atoms with Crippen molar-refractivity contribution in [3.8, 4) is 0 Å². The standard InChI is InChI=1S/C21H24N2O6S/c1-13-5-6-17(11-14(13)2)21(26)15(3)29-20(25)12-22-30(27,28)19-9-7-18(8-10-19)23-16(4)24/h5-11,15,22H,12H2,1-4H3,(H,23,24). The van der Waals surface area contributed by atoms with E-state index in [0.29, 0.717) is 11.3 Å². The lowest BCUT2D eigenvalue weighted by molar-refractivity contribution is -0.144. The van der Waals surface area contributed by atoms with Crippen molar-refractivity contribution in [2.24, 2.45) is 0 Å². The zero-order valence-electron chi connectivity index (χ0n) is 17.2. The molecule has 0 spiro atoms. The predicted molar refractivity (Wildman–Crippen MR) is 112 cm³/mol. The van der Waals surface area contributed by atoms with Crippen LogP contribution in [0.4, 0.5) is 5.69 Å². The van der Waals surface area contributed by atoms with E-state index in [9.17, 15) is 22.8 Å². The number of ketones is 1. The zero-order chi connectivity index (χ0) is 22.5. The number of esters is 1. The zero-order valence-corrected chi connectivity index (χ0v) is 18.0. The summed E-state index contributed by atoms with van der Waals surface area (Å²) in [6, 6.07) is 10.6. The minimum Gasteiger partial charge on any atom is -0.453 e. The van der Waals surface area contributed by atoms with E-state index >= 15 is 0 Å². The van der Waals surface area contributed by atoms with Crippen LogP contribution in [0.3, 0.4) is 0 Å². The fourth-order valence-corrected chi connectivity index (χ4v) is 3.55. The second-order valence-electron chi connectivity index (χ2n) is 6.83. The monoisotopic (exact) mass is 432 g/mol. The van der Waals surface area contributed by atoms with Gasteiger partial charge in [-0.25, -0.2) is 8.42 Å². The van der Waals surface area contributed by atoms with Crippen LogP contribution in [0.5, 0.6) is 0 Å². The largest absolute Gasteiger partial charge is 0.453 e. The molecule has 2 aromatic carbocycles. The van der Waals surface area contributed by atoms with Gasteiger partial charge in [0.25, 0.3) is 0 Å². The van der Waals surface area contributed by atoms with Gasteiger partial charge in [-0.15, -0.1) is 0 Å². The van der Waals surface area contributed by atoms with Gasteiger partial charge in [-0.3, -0.25) is 14.4 Å². The maximum atomic E-state index is 12.4. The van der Waals surface area contributed by atoms with Crippen molar-refractivity contribution in [3.63, 3.8) is 0 Å². The summed E-state index contributed by atoms with van der Waals surface area (Å²) in [4.78, 5) is 35.4. The molecule has 2 rings (SSSR count). The van der Waals surface area contributed by atoms with E-state index in [1.807, 2.05) is 19.9 Å². The van der Waals surface area contributed by atoms with Gasteiger partial charge in [0.2, 0.25) is 21.7 Å². The van der Waals surface area contributed by atoms with Crippen molar-refractivity contribution in [3.05, 3.63) is 59.2 Å². The van der Waals surface area contributed by atoms with Crippen LogP contribution in [-0.4, -0.2) is 38.7 Å². The summed E-state index contributed by atoms with van der Waals surface area (Å²) < 4.78 is 31.8. The minimum absolute atomic E-state index is 0.0799. The number of rotatable bonds is 8. The molecule has 9 heteroatoms. The van der Waals surface area contributed by atoms with E-state index in [2.05, 4.69) is 10.0 Å². The maximum Gasteiger partial charge on any atom is 0.321 e. The number of benzene rings is 2. The summed E-state index contributed by atoms with van der Waals surface area (Å²) in [5.74, 6) is -1.53. The summed E-state index contributed by atoms with van der Waals surface area (Å²) in [6.07, 6.45) is -1.05. The van der Waals surface area contributed by atoms with E-state index in [1.165, 1.54) is 38.1 Å². The second kappa shape index (κ2) is 9.64. The van der Waals surface area contributed by atoms with Crippen molar-refractivity contribution < 1.29 is 27.5 Å². The van der Waals surface area contributed by atoms with Crippen molar-refractivity contribution >= 4 is 33.4 Å². The lowest BCUT2D eigenvalue weighted by Crippen LogP contribution is -2.34. The summed E-state index contributed by atoms with van der Waals surface area (Å²) in [7, 11) is -3.97. The Hall–Kier alpha value is -3.04. The van der Waals surface area contributed by atoms with Gasteiger partial charge in [0.1, 0.15) is 6.54 Å². The molecular formula is C21H24N2O6S. The topological polar surface area (TPSA) is 119 Å². The summed E-state index contributed by atoms with van der Waals surface area (Å²) >= 11 is 0. The van der Waals surface area contributed by atoms with Crippen molar-refractivity contribution in [2.75, 3.05) is 11.9 Å². The highest BCUT2D eigenvalue weighted by molar-refractivity contribution is 7.89. The molecule has 0 saturated heterocycles. The first-order chi connectivity index (χ1) is 14.0. The van der Waals surface area contributed by atoms with E-state index in [-0.39, 0.29) is 16.6 Å². The first-order valence-corrected chi connectivity index (χ1v) is 10.7. The van der Waals surface area contributed by atoms with Crippen LogP contribution in [0.15, 0.2) is 47.4 Å². The first kappa shape index (κ1) is 23.2. The number of anilines is 1. The van der Waals surface area contributed by atoms with Crippen LogP contribution >= 0.6 is 0 Å². The number of hydrogen-bond donors (Lipinski definition) is 2. The number of hydrogen-bond acceptors (Lipinski definition) is 6. The van der Waals surface area contributed by atoms with Crippen molar-refractivity contribution in [1.29, 1.82) is 0 Å². The molecule has 160 valence electrons. The van der Waals surface area contributed by atoms with Crippen LogP contribution in [0.1, 0.15) is 35.3 Å². The van der Waals surface area contributed by atoms with E-state index in [4.69, 9.17) is 4.74 Å². The van der Waals surface area contributed by atoms with Crippen LogP contribution in [-0.2, 0) is 24.3 Å². The maximum absolute atomic E-state index is 12.4. The number of nitrogens with one attached hydrogen (secondary N) is 2. The van der Waals surface area contributed by atoms with Crippen LogP contribution in [0.2, 0.25) is 0 Å². The first-order valence-electron chi connectivity index (χ1n) is 9.18. The van der Waals surface area contributed by atoms with Crippen molar-refractivity contribution in [1.82, 2.24) is 4.72 Å². The lowest BCUT2D eigenvalue weighted by Gasteiger charge is -2.14. The minimum atomic E-state index is -3.97. The van der Waals surface area contributed by atoms with Gasteiger partial charge in [-0.2, -0.15) is 4.72 Å². The van der Waals surface area contributed by atoms with Crippen LogP contribution in [0, 0.1) is 13.8 Å². The second-order valence-corrected chi connectivity index (χ2v) is 8.59. The molecule has 0 aliphatic rings. The molecule has 1 amide bonds.